The van der Waals surface area contributed by atoms with Crippen LogP contribution in [0.15, 0.2) is 235 Å². The summed E-state index contributed by atoms with van der Waals surface area (Å²) in [5, 5.41) is 1.25. The molecule has 0 saturated carbocycles. The van der Waals surface area contributed by atoms with Crippen LogP contribution in [0.3, 0.4) is 0 Å². The molecular formula is C96H104BBrCl2N6O2. The Hall–Kier alpha value is -8.74. The maximum absolute atomic E-state index is 6.92. The van der Waals surface area contributed by atoms with Gasteiger partial charge in [-0.3, -0.25) is 0 Å². The average molecular weight is 1540 g/mol. The van der Waals surface area contributed by atoms with Crippen LogP contribution in [0.2, 0.25) is 10.0 Å². The van der Waals surface area contributed by atoms with Crippen molar-refractivity contribution in [1.29, 1.82) is 0 Å². The summed E-state index contributed by atoms with van der Waals surface area (Å²) in [4.78, 5) is 28.9. The number of hydrogen-bond donors (Lipinski definition) is 0. The van der Waals surface area contributed by atoms with Crippen LogP contribution in [0.4, 0.5) is 0 Å². The van der Waals surface area contributed by atoms with Gasteiger partial charge in [0.2, 0.25) is 0 Å². The summed E-state index contributed by atoms with van der Waals surface area (Å²) in [6, 6.07) is 79.7. The van der Waals surface area contributed by atoms with Crippen molar-refractivity contribution in [2.45, 2.75) is 196 Å². The van der Waals surface area contributed by atoms with Crippen molar-refractivity contribution in [3.63, 3.8) is 0 Å². The van der Waals surface area contributed by atoms with Gasteiger partial charge in [0.1, 0.15) is 0 Å². The van der Waals surface area contributed by atoms with Crippen LogP contribution in [-0.4, -0.2) is 48.2 Å². The van der Waals surface area contributed by atoms with Crippen molar-refractivity contribution in [3.05, 3.63) is 278 Å². The van der Waals surface area contributed by atoms with Gasteiger partial charge in [0.25, 0.3) is 0 Å². The van der Waals surface area contributed by atoms with E-state index in [1.807, 2.05) is 152 Å². The second-order valence-corrected chi connectivity index (χ2v) is 37.6. The fraction of sp³-hybridized carbons (Fsp3) is 0.312. The molecule has 0 atom stereocenters. The molecule has 8 nitrogen and oxygen atoms in total. The quantitative estimate of drug-likeness (QED) is 0.125. The van der Waals surface area contributed by atoms with E-state index in [9.17, 15) is 0 Å². The van der Waals surface area contributed by atoms with E-state index in [1.165, 1.54) is 55.6 Å². The molecule has 2 aromatic heterocycles. The highest BCUT2D eigenvalue weighted by Crippen LogP contribution is 2.43. The smallest absolute Gasteiger partial charge is 0.399 e. The molecule has 108 heavy (non-hydrogen) atoms. The zero-order chi connectivity index (χ0) is 78.3. The average Bonchev–Trinajstić information content (AvgIpc) is 1.49. The number of rotatable bonds is 10. The van der Waals surface area contributed by atoms with Crippen LogP contribution >= 0.6 is 39.1 Å². The minimum Gasteiger partial charge on any atom is -0.399 e. The Balaban J connectivity index is 0.000000171. The third kappa shape index (κ3) is 19.6. The lowest BCUT2D eigenvalue weighted by molar-refractivity contribution is 0.00578. The van der Waals surface area contributed by atoms with Gasteiger partial charge < -0.3 is 9.31 Å². The predicted molar refractivity (Wildman–Crippen MR) is 461 cm³/mol. The van der Waals surface area contributed by atoms with Crippen molar-refractivity contribution in [2.75, 3.05) is 0 Å². The van der Waals surface area contributed by atoms with Crippen molar-refractivity contribution in [3.8, 4) is 102 Å². The molecule has 0 unspecified atom stereocenters. The SMILES string of the molecule is CC(C)(C)c1cc(-c2cc(Cl)cc(-c3nc(-c4ccccc4)nc(-c4ccccc4)n3)c2)cc(-c2cc(C(C)(C)C)cc(C(C)(C)C)c2)c1.CC(C)(C)c1cc(B2OC(C)(C)C(C)(C)O2)cc(-c2cc(C(C)(C)C)cc(C(C)(C)C)c2)c1.Clc1cc(Br)cc(-c2nc(-c3ccccc3)nc(-c3ccccc3)n2)c1. The van der Waals surface area contributed by atoms with E-state index in [-0.39, 0.29) is 50.8 Å². The van der Waals surface area contributed by atoms with E-state index in [0.29, 0.717) is 45.0 Å². The first-order chi connectivity index (χ1) is 50.4. The highest BCUT2D eigenvalue weighted by atomic mass is 79.9. The summed E-state index contributed by atoms with van der Waals surface area (Å²) in [5.41, 5.74) is 20.9. The minimum absolute atomic E-state index is 0.0168. The molecule has 0 N–H and O–H groups in total. The Morgan fingerprint density at radius 2 is 0.481 bits per heavy atom. The molecule has 1 aliphatic rings. The molecule has 1 aliphatic heterocycles. The number of hydrogen-bond acceptors (Lipinski definition) is 8. The highest BCUT2D eigenvalue weighted by Gasteiger charge is 2.52. The Labute approximate surface area is 662 Å². The molecular weight excluding hydrogens is 1430 g/mol. The van der Waals surface area contributed by atoms with Crippen molar-refractivity contribution in [2.24, 2.45) is 0 Å². The lowest BCUT2D eigenvalue weighted by Crippen LogP contribution is -2.41. The van der Waals surface area contributed by atoms with Gasteiger partial charge in [0, 0.05) is 47.9 Å². The third-order valence-electron chi connectivity index (χ3n) is 20.2. The van der Waals surface area contributed by atoms with E-state index >= 15 is 0 Å². The zero-order valence-electron chi connectivity index (χ0n) is 67.2. The van der Waals surface area contributed by atoms with E-state index in [0.717, 1.165) is 54.4 Å². The Kier molecular flexibility index (Phi) is 23.3. The summed E-state index contributed by atoms with van der Waals surface area (Å²) in [6.07, 6.45) is 0. The summed E-state index contributed by atoms with van der Waals surface area (Å²) in [6.45, 7) is 49.6. The van der Waals surface area contributed by atoms with Gasteiger partial charge >= 0.3 is 7.12 Å². The summed E-state index contributed by atoms with van der Waals surface area (Å²) >= 11 is 16.6. The largest absolute Gasteiger partial charge is 0.494 e. The lowest BCUT2D eigenvalue weighted by Gasteiger charge is -2.32. The molecule has 12 aromatic rings. The van der Waals surface area contributed by atoms with Crippen molar-refractivity contribution in [1.82, 2.24) is 29.9 Å². The molecule has 0 spiro atoms. The molecule has 0 aliphatic carbocycles. The van der Waals surface area contributed by atoms with E-state index in [4.69, 9.17) is 47.5 Å². The van der Waals surface area contributed by atoms with Gasteiger partial charge in [0.05, 0.1) is 11.2 Å². The Morgan fingerprint density at radius 3 is 0.778 bits per heavy atom. The predicted octanol–water partition coefficient (Wildman–Crippen LogP) is 26.6. The number of halogens is 3. The lowest BCUT2D eigenvalue weighted by atomic mass is 9.73. The van der Waals surface area contributed by atoms with Gasteiger partial charge in [-0.05, 0) is 175 Å². The van der Waals surface area contributed by atoms with Crippen LogP contribution in [0, 0.1) is 0 Å². The standard InChI is InChI=1S/C45H46ClN3.C30H45BO2.C21H13BrClN3/c1-43(2,3)36-22-31(20-32(23-36)34-24-37(44(4,5)6)28-38(25-34)45(7,8)9)33-21-35(27-39(46)26-33)42-48-40(29-16-12-10-13-17-29)47-41(49-42)30-18-14-11-15-19-30;1-26(2,3)22-14-20(15-23(18-22)27(4,5)6)21-16-24(28(7,8)9)19-25(17-21)31-32-29(10,11)30(12,13)33-31;22-17-11-16(12-18(23)13-17)21-25-19(14-7-3-1-4-8-14)24-20(26-21)15-9-5-2-6-10-15/h10-28H,1-9H3;14-19H,1-13H3;1-13H. The molecule has 0 amide bonds. The molecule has 1 fully saturated rings. The molecule has 10 aromatic carbocycles. The van der Waals surface area contributed by atoms with Crippen molar-refractivity contribution >= 4 is 51.7 Å². The molecule has 13 rings (SSSR count). The van der Waals surface area contributed by atoms with Crippen LogP contribution in [0.25, 0.3) is 102 Å². The van der Waals surface area contributed by atoms with E-state index in [2.05, 4.69) is 262 Å². The summed E-state index contributed by atoms with van der Waals surface area (Å²) < 4.78 is 13.8. The van der Waals surface area contributed by atoms with Crippen LogP contribution in [0.5, 0.6) is 0 Å². The molecule has 0 bridgehead atoms. The zero-order valence-corrected chi connectivity index (χ0v) is 70.2. The number of nitrogens with zero attached hydrogens (tertiary/aromatic N) is 6. The van der Waals surface area contributed by atoms with E-state index < -0.39 is 0 Å². The molecule has 3 heterocycles. The molecule has 0 radical (unpaired) electrons. The van der Waals surface area contributed by atoms with E-state index in [1.54, 1.807) is 0 Å². The maximum atomic E-state index is 6.92. The minimum atomic E-state index is -0.371. The fourth-order valence-corrected chi connectivity index (χ4v) is 13.6. The van der Waals surface area contributed by atoms with Crippen molar-refractivity contribution < 1.29 is 9.31 Å². The van der Waals surface area contributed by atoms with Crippen LogP contribution in [0.1, 0.15) is 186 Å². The first kappa shape index (κ1) is 80.3. The maximum Gasteiger partial charge on any atom is 0.494 e. The Morgan fingerprint density at radius 1 is 0.259 bits per heavy atom. The normalized spacial score (nSPS) is 13.8. The van der Waals surface area contributed by atoms with Gasteiger partial charge in [-0.25, -0.2) is 29.9 Å². The first-order valence-corrected chi connectivity index (χ1v) is 39.0. The Bertz CT molecular complexity index is 4980. The number of aromatic nitrogens is 6. The first-order valence-electron chi connectivity index (χ1n) is 37.5. The van der Waals surface area contributed by atoms with Crippen LogP contribution in [-0.2, 0) is 41.8 Å². The second kappa shape index (κ2) is 31.3. The topological polar surface area (TPSA) is 95.8 Å². The van der Waals surface area contributed by atoms with Crippen LogP contribution < -0.4 is 5.46 Å². The third-order valence-corrected chi connectivity index (χ3v) is 21.0. The van der Waals surface area contributed by atoms with Gasteiger partial charge in [-0.15, -0.1) is 0 Å². The molecule has 554 valence electrons. The summed E-state index contributed by atoms with van der Waals surface area (Å²) in [5.74, 6) is 3.67. The second-order valence-electron chi connectivity index (χ2n) is 35.8. The van der Waals surface area contributed by atoms with Gasteiger partial charge in [-0.2, -0.15) is 0 Å². The van der Waals surface area contributed by atoms with Gasteiger partial charge in [0.15, 0.2) is 34.9 Å². The molecule has 1 saturated heterocycles. The number of benzene rings is 10. The molecule has 12 heteroatoms. The van der Waals surface area contributed by atoms with Gasteiger partial charge in [-0.1, -0.05) is 352 Å². The summed E-state index contributed by atoms with van der Waals surface area (Å²) in [7, 11) is -0.371. The highest BCUT2D eigenvalue weighted by molar-refractivity contribution is 9.10. The fourth-order valence-electron chi connectivity index (χ4n) is 12.5. The monoisotopic (exact) mass is 1530 g/mol.